The molecule has 0 aliphatic rings. The van der Waals surface area contributed by atoms with E-state index in [1.54, 1.807) is 0 Å². The van der Waals surface area contributed by atoms with Gasteiger partial charge in [-0.25, -0.2) is 9.78 Å². The van der Waals surface area contributed by atoms with E-state index in [9.17, 15) is 4.79 Å². The van der Waals surface area contributed by atoms with Crippen LogP contribution in [0.15, 0.2) is 6.20 Å². The van der Waals surface area contributed by atoms with Gasteiger partial charge in [0, 0.05) is 0 Å². The van der Waals surface area contributed by atoms with Crippen LogP contribution in [-0.4, -0.2) is 30.2 Å². The molecular weight excluding hydrogens is 174 g/mol. The van der Waals surface area contributed by atoms with Crippen molar-refractivity contribution in [1.82, 2.24) is 9.97 Å². The first-order valence-electron chi connectivity index (χ1n) is 3.44. The number of aromatic nitrogens is 2. The Labute approximate surface area is 74.7 Å². The zero-order valence-electron chi connectivity index (χ0n) is 7.27. The van der Waals surface area contributed by atoms with Crippen LogP contribution in [0.25, 0.3) is 0 Å². The number of hydrogen-bond donors (Lipinski definition) is 1. The minimum absolute atomic E-state index is 0.0754. The Bertz CT molecular complexity index is 327. The Hall–Kier alpha value is -1.85. The molecule has 1 heterocycles. The zero-order chi connectivity index (χ0) is 9.84. The van der Waals surface area contributed by atoms with Crippen LogP contribution < -0.4 is 10.5 Å². The van der Waals surface area contributed by atoms with E-state index in [1.807, 2.05) is 0 Å². The number of carbonyl (C=O) groups excluding carboxylic acids is 1. The molecule has 0 aliphatic carbocycles. The van der Waals surface area contributed by atoms with E-state index in [2.05, 4.69) is 14.7 Å². The molecule has 6 heteroatoms. The standard InChI is InChI=1S/C7H9N3O3/c1-12-6-4(8)3-9-5(10-6)7(11)13-2/h3H,8H2,1-2H3. The van der Waals surface area contributed by atoms with Crippen LogP contribution >= 0.6 is 0 Å². The average Bonchev–Trinajstić information content (AvgIpc) is 2.17. The maximum absolute atomic E-state index is 10.9. The van der Waals surface area contributed by atoms with Crippen molar-refractivity contribution in [2.75, 3.05) is 20.0 Å². The van der Waals surface area contributed by atoms with Crippen LogP contribution in [0.1, 0.15) is 10.6 Å². The van der Waals surface area contributed by atoms with Crippen molar-refractivity contribution in [2.45, 2.75) is 0 Å². The highest BCUT2D eigenvalue weighted by molar-refractivity contribution is 5.85. The maximum Gasteiger partial charge on any atom is 0.376 e. The molecule has 0 spiro atoms. The molecule has 0 amide bonds. The number of nitrogens with two attached hydrogens (primary N) is 1. The molecule has 1 aromatic rings. The molecule has 0 radical (unpaired) electrons. The Morgan fingerprint density at radius 1 is 1.54 bits per heavy atom. The van der Waals surface area contributed by atoms with E-state index in [1.165, 1.54) is 20.4 Å². The molecule has 0 saturated heterocycles. The molecule has 0 aromatic carbocycles. The molecule has 0 unspecified atom stereocenters. The van der Waals surface area contributed by atoms with Gasteiger partial charge in [0.15, 0.2) is 0 Å². The second-order valence-corrected chi connectivity index (χ2v) is 2.15. The number of nitrogens with zero attached hydrogens (tertiary/aromatic N) is 2. The smallest absolute Gasteiger partial charge is 0.376 e. The number of nitrogen functional groups attached to an aromatic ring is 1. The molecule has 1 aromatic heterocycles. The van der Waals surface area contributed by atoms with Gasteiger partial charge in [0.05, 0.1) is 20.4 Å². The van der Waals surface area contributed by atoms with E-state index in [-0.39, 0.29) is 17.4 Å². The molecule has 2 N–H and O–H groups in total. The first kappa shape index (κ1) is 9.24. The van der Waals surface area contributed by atoms with Gasteiger partial charge < -0.3 is 15.2 Å². The van der Waals surface area contributed by atoms with Crippen molar-refractivity contribution >= 4 is 11.7 Å². The number of hydrogen-bond acceptors (Lipinski definition) is 6. The van der Waals surface area contributed by atoms with Crippen molar-refractivity contribution in [3.8, 4) is 5.88 Å². The van der Waals surface area contributed by atoms with Gasteiger partial charge in [0.25, 0.3) is 0 Å². The second-order valence-electron chi connectivity index (χ2n) is 2.15. The summed E-state index contributed by atoms with van der Waals surface area (Å²) < 4.78 is 9.21. The van der Waals surface area contributed by atoms with Gasteiger partial charge in [-0.3, -0.25) is 0 Å². The summed E-state index contributed by atoms with van der Waals surface area (Å²) in [5.41, 5.74) is 5.71. The lowest BCUT2D eigenvalue weighted by atomic mass is 10.5. The molecule has 1 rings (SSSR count). The highest BCUT2D eigenvalue weighted by Crippen LogP contribution is 2.15. The number of rotatable bonds is 2. The van der Waals surface area contributed by atoms with E-state index in [4.69, 9.17) is 10.5 Å². The predicted octanol–water partition coefficient (Wildman–Crippen LogP) is -0.146. The molecule has 13 heavy (non-hydrogen) atoms. The molecule has 6 nitrogen and oxygen atoms in total. The van der Waals surface area contributed by atoms with E-state index < -0.39 is 5.97 Å². The summed E-state index contributed by atoms with van der Waals surface area (Å²) in [6.45, 7) is 0. The lowest BCUT2D eigenvalue weighted by molar-refractivity contribution is 0.0585. The quantitative estimate of drug-likeness (QED) is 0.642. The highest BCUT2D eigenvalue weighted by atomic mass is 16.5. The Balaban J connectivity index is 3.06. The topological polar surface area (TPSA) is 87.3 Å². The zero-order valence-corrected chi connectivity index (χ0v) is 7.27. The van der Waals surface area contributed by atoms with E-state index >= 15 is 0 Å². The third kappa shape index (κ3) is 1.84. The third-order valence-corrected chi connectivity index (χ3v) is 1.34. The Kier molecular flexibility index (Phi) is 2.63. The fourth-order valence-electron chi connectivity index (χ4n) is 0.729. The SMILES string of the molecule is COC(=O)c1ncc(N)c(OC)n1. The maximum atomic E-state index is 10.9. The second kappa shape index (κ2) is 3.70. The first-order valence-corrected chi connectivity index (χ1v) is 3.44. The van der Waals surface area contributed by atoms with Crippen LogP contribution in [0.4, 0.5) is 5.69 Å². The summed E-state index contributed by atoms with van der Waals surface area (Å²) in [7, 11) is 2.65. The van der Waals surface area contributed by atoms with Gasteiger partial charge in [-0.2, -0.15) is 4.98 Å². The Morgan fingerprint density at radius 3 is 2.77 bits per heavy atom. The van der Waals surface area contributed by atoms with Gasteiger partial charge >= 0.3 is 5.97 Å². The van der Waals surface area contributed by atoms with Crippen LogP contribution in [-0.2, 0) is 4.74 Å². The highest BCUT2D eigenvalue weighted by Gasteiger charge is 2.11. The van der Waals surface area contributed by atoms with Crippen molar-refractivity contribution in [3.63, 3.8) is 0 Å². The molecule has 70 valence electrons. The molecule has 0 atom stereocenters. The minimum atomic E-state index is -0.627. The summed E-state index contributed by atoms with van der Waals surface area (Å²) in [5, 5.41) is 0. The number of carbonyl (C=O) groups is 1. The van der Waals surface area contributed by atoms with E-state index in [0.717, 1.165) is 0 Å². The van der Waals surface area contributed by atoms with Crippen LogP contribution in [0.2, 0.25) is 0 Å². The van der Waals surface area contributed by atoms with Crippen molar-refractivity contribution in [1.29, 1.82) is 0 Å². The molecule has 0 bridgehead atoms. The van der Waals surface area contributed by atoms with Crippen molar-refractivity contribution in [3.05, 3.63) is 12.0 Å². The lowest BCUT2D eigenvalue weighted by Gasteiger charge is -2.03. The molecular formula is C7H9N3O3. The lowest BCUT2D eigenvalue weighted by Crippen LogP contribution is -2.09. The predicted molar refractivity (Wildman–Crippen MR) is 44.3 cm³/mol. The van der Waals surface area contributed by atoms with Gasteiger partial charge in [0.2, 0.25) is 11.7 Å². The summed E-state index contributed by atoms with van der Waals surface area (Å²) in [5.74, 6) is -0.540. The number of esters is 1. The Morgan fingerprint density at radius 2 is 2.23 bits per heavy atom. The van der Waals surface area contributed by atoms with E-state index in [0.29, 0.717) is 0 Å². The summed E-state index contributed by atoms with van der Waals surface area (Å²) in [4.78, 5) is 18.3. The summed E-state index contributed by atoms with van der Waals surface area (Å²) in [6, 6.07) is 0. The van der Waals surface area contributed by atoms with Crippen molar-refractivity contribution in [2.24, 2.45) is 0 Å². The third-order valence-electron chi connectivity index (χ3n) is 1.34. The number of anilines is 1. The molecule has 0 fully saturated rings. The van der Waals surface area contributed by atoms with Crippen LogP contribution in [0, 0.1) is 0 Å². The normalized spacial score (nSPS) is 9.38. The van der Waals surface area contributed by atoms with Gasteiger partial charge in [-0.1, -0.05) is 0 Å². The number of ether oxygens (including phenoxy) is 2. The first-order chi connectivity index (χ1) is 6.19. The minimum Gasteiger partial charge on any atom is -0.479 e. The monoisotopic (exact) mass is 183 g/mol. The fourth-order valence-corrected chi connectivity index (χ4v) is 0.729. The average molecular weight is 183 g/mol. The van der Waals surface area contributed by atoms with Gasteiger partial charge in [0.1, 0.15) is 5.69 Å². The summed E-state index contributed by atoms with van der Waals surface area (Å²) in [6.07, 6.45) is 1.29. The van der Waals surface area contributed by atoms with Crippen LogP contribution in [0.5, 0.6) is 5.88 Å². The fraction of sp³-hybridized carbons (Fsp3) is 0.286. The van der Waals surface area contributed by atoms with Gasteiger partial charge in [-0.15, -0.1) is 0 Å². The van der Waals surface area contributed by atoms with Crippen LogP contribution in [0.3, 0.4) is 0 Å². The molecule has 0 aliphatic heterocycles. The molecule has 0 saturated carbocycles. The largest absolute Gasteiger partial charge is 0.479 e. The van der Waals surface area contributed by atoms with Crippen molar-refractivity contribution < 1.29 is 14.3 Å². The van der Waals surface area contributed by atoms with Gasteiger partial charge in [-0.05, 0) is 0 Å². The number of methoxy groups -OCH3 is 2. The summed E-state index contributed by atoms with van der Waals surface area (Å²) >= 11 is 0.